The van der Waals surface area contributed by atoms with Gasteiger partial charge in [-0.15, -0.1) is 0 Å². The molecule has 1 aromatic carbocycles. The van der Waals surface area contributed by atoms with Crippen LogP contribution in [0.2, 0.25) is 0 Å². The summed E-state index contributed by atoms with van der Waals surface area (Å²) >= 11 is 5.12. The minimum absolute atomic E-state index is 0. The number of halogens is 3. The second kappa shape index (κ2) is 9.23. The SMILES string of the molecule is Nc1c(I)c(C(=O)[O-])c(I)c(C(=O)[O-])c1I.[Na+].[Na+]. The van der Waals surface area contributed by atoms with Crippen LogP contribution in [0.5, 0.6) is 0 Å². The zero-order chi connectivity index (χ0) is 12.6. The van der Waals surface area contributed by atoms with Crippen molar-refractivity contribution in [2.75, 3.05) is 5.73 Å². The molecule has 0 aromatic heterocycles. The van der Waals surface area contributed by atoms with E-state index in [1.165, 1.54) is 0 Å². The Morgan fingerprint density at radius 1 is 0.833 bits per heavy atom. The summed E-state index contributed by atoms with van der Waals surface area (Å²) < 4.78 is 0.619. The summed E-state index contributed by atoms with van der Waals surface area (Å²) in [7, 11) is 0. The van der Waals surface area contributed by atoms with Crippen LogP contribution >= 0.6 is 67.8 Å². The maximum Gasteiger partial charge on any atom is 1.00 e. The zero-order valence-corrected chi connectivity index (χ0v) is 19.8. The number of nitrogens with two attached hydrogens (primary N) is 1. The molecule has 0 aliphatic rings. The van der Waals surface area contributed by atoms with Gasteiger partial charge in [0.25, 0.3) is 0 Å². The van der Waals surface area contributed by atoms with Gasteiger partial charge in [-0.05, 0) is 67.8 Å². The first-order chi connectivity index (χ1) is 7.29. The van der Waals surface area contributed by atoms with Crippen molar-refractivity contribution < 1.29 is 78.9 Å². The Labute approximate surface area is 188 Å². The van der Waals surface area contributed by atoms with Crippen molar-refractivity contribution >= 4 is 85.4 Å². The number of carboxylic acids is 2. The number of anilines is 1. The summed E-state index contributed by atoms with van der Waals surface area (Å²) in [4.78, 5) is 21.8. The summed E-state index contributed by atoms with van der Waals surface area (Å²) in [6.45, 7) is 0. The Bertz CT molecular complexity index is 469. The van der Waals surface area contributed by atoms with Gasteiger partial charge in [-0.25, -0.2) is 0 Å². The third kappa shape index (κ3) is 4.58. The first-order valence-electron chi connectivity index (χ1n) is 3.67. The van der Waals surface area contributed by atoms with Crippen LogP contribution in [0.1, 0.15) is 20.7 Å². The molecule has 0 radical (unpaired) electrons. The second-order valence-electron chi connectivity index (χ2n) is 2.68. The monoisotopic (exact) mass is 603 g/mol. The normalized spacial score (nSPS) is 9.06. The molecule has 0 atom stereocenters. The third-order valence-corrected chi connectivity index (χ3v) is 5.08. The van der Waals surface area contributed by atoms with E-state index < -0.39 is 11.9 Å². The number of benzene rings is 1. The Morgan fingerprint density at radius 2 is 1.11 bits per heavy atom. The fraction of sp³-hybridized carbons (Fsp3) is 0. The number of rotatable bonds is 2. The fourth-order valence-corrected chi connectivity index (χ4v) is 5.09. The maximum absolute atomic E-state index is 10.9. The van der Waals surface area contributed by atoms with Gasteiger partial charge in [-0.1, -0.05) is 0 Å². The van der Waals surface area contributed by atoms with E-state index in [9.17, 15) is 19.8 Å². The maximum atomic E-state index is 10.9. The quantitative estimate of drug-likeness (QED) is 0.206. The minimum Gasteiger partial charge on any atom is -0.545 e. The molecule has 5 nitrogen and oxygen atoms in total. The first kappa shape index (κ1) is 22.4. The van der Waals surface area contributed by atoms with Crippen molar-refractivity contribution in [1.29, 1.82) is 0 Å². The number of carbonyl (C=O) groups is 2. The number of hydrogen-bond acceptors (Lipinski definition) is 5. The smallest absolute Gasteiger partial charge is 0.545 e. The van der Waals surface area contributed by atoms with Gasteiger partial charge in [-0.2, -0.15) is 0 Å². The van der Waals surface area contributed by atoms with Crippen LogP contribution in [0.15, 0.2) is 0 Å². The molecule has 2 N–H and O–H groups in total. The number of nitrogen functional groups attached to an aromatic ring is 1. The molecule has 0 saturated carbocycles. The summed E-state index contributed by atoms with van der Waals surface area (Å²) in [5.41, 5.74) is 5.32. The van der Waals surface area contributed by atoms with Crippen molar-refractivity contribution in [3.63, 3.8) is 0 Å². The third-order valence-electron chi connectivity index (χ3n) is 1.76. The molecule has 0 aliphatic carbocycles. The molecule has 86 valence electrons. The molecule has 0 bridgehead atoms. The van der Waals surface area contributed by atoms with E-state index in [-0.39, 0.29) is 86.6 Å². The van der Waals surface area contributed by atoms with Crippen molar-refractivity contribution in [3.8, 4) is 0 Å². The Balaban J connectivity index is 0. The van der Waals surface area contributed by atoms with Gasteiger partial charge in [0.15, 0.2) is 0 Å². The topological polar surface area (TPSA) is 106 Å². The molecule has 0 unspecified atom stereocenters. The predicted octanol–water partition coefficient (Wildman–Crippen LogP) is -6.18. The first-order valence-corrected chi connectivity index (χ1v) is 6.91. The van der Waals surface area contributed by atoms with E-state index in [0.717, 1.165) is 0 Å². The van der Waals surface area contributed by atoms with Gasteiger partial charge in [0.2, 0.25) is 0 Å². The zero-order valence-electron chi connectivity index (χ0n) is 9.34. The van der Waals surface area contributed by atoms with Crippen LogP contribution in [0, 0.1) is 10.7 Å². The number of carboxylic acid groups (broad SMARTS) is 2. The van der Waals surface area contributed by atoms with Crippen LogP contribution < -0.4 is 75.1 Å². The molecular weight excluding hydrogens is 601 g/mol. The molecule has 0 spiro atoms. The molecule has 0 aliphatic heterocycles. The molecule has 1 aromatic rings. The van der Waals surface area contributed by atoms with Gasteiger partial charge >= 0.3 is 59.1 Å². The molecular formula is C8H2I3NNa2O4. The fourth-order valence-electron chi connectivity index (χ4n) is 1.04. The Kier molecular flexibility index (Phi) is 11.5. The largest absolute Gasteiger partial charge is 1.00 e. The van der Waals surface area contributed by atoms with Crippen LogP contribution in [-0.4, -0.2) is 11.9 Å². The van der Waals surface area contributed by atoms with Crippen molar-refractivity contribution in [2.24, 2.45) is 0 Å². The van der Waals surface area contributed by atoms with Crippen LogP contribution in [0.4, 0.5) is 5.69 Å². The van der Waals surface area contributed by atoms with E-state index >= 15 is 0 Å². The summed E-state index contributed by atoms with van der Waals surface area (Å²) in [5.74, 6) is -2.92. The standard InChI is InChI=1S/C8H4I3NO4.2Na/c9-3-1(7(13)14)4(10)6(12)5(11)2(3)8(15)16;;/h12H2,(H,13,14)(H,15,16);;/q;2*+1/p-2. The van der Waals surface area contributed by atoms with Crippen molar-refractivity contribution in [2.45, 2.75) is 0 Å². The van der Waals surface area contributed by atoms with Gasteiger partial charge in [-0.3, -0.25) is 0 Å². The average Bonchev–Trinajstić information content (AvgIpc) is 2.13. The van der Waals surface area contributed by atoms with E-state index in [4.69, 9.17) is 5.73 Å². The summed E-state index contributed by atoms with van der Waals surface area (Å²) in [6.07, 6.45) is 0. The van der Waals surface area contributed by atoms with E-state index in [1.54, 1.807) is 67.8 Å². The molecule has 10 heteroatoms. The van der Waals surface area contributed by atoms with Crippen LogP contribution in [-0.2, 0) is 0 Å². The molecule has 0 amide bonds. The average molecular weight is 603 g/mol. The second-order valence-corrected chi connectivity index (χ2v) is 5.92. The number of hydrogen-bond donors (Lipinski definition) is 1. The van der Waals surface area contributed by atoms with Crippen molar-refractivity contribution in [1.82, 2.24) is 0 Å². The van der Waals surface area contributed by atoms with E-state index in [0.29, 0.717) is 0 Å². The Morgan fingerprint density at radius 3 is 1.33 bits per heavy atom. The van der Waals surface area contributed by atoms with Crippen LogP contribution in [0.3, 0.4) is 0 Å². The molecule has 0 heterocycles. The minimum atomic E-state index is -1.46. The van der Waals surface area contributed by atoms with Gasteiger partial charge in [0, 0.05) is 21.8 Å². The molecule has 0 fully saturated rings. The molecule has 0 saturated heterocycles. The van der Waals surface area contributed by atoms with E-state index in [2.05, 4.69) is 0 Å². The summed E-state index contributed by atoms with van der Waals surface area (Å²) in [5, 5.41) is 21.8. The van der Waals surface area contributed by atoms with Gasteiger partial charge in [0.05, 0.1) is 17.6 Å². The molecule has 18 heavy (non-hydrogen) atoms. The van der Waals surface area contributed by atoms with E-state index in [1.807, 2.05) is 0 Å². The van der Waals surface area contributed by atoms with Crippen LogP contribution in [0.25, 0.3) is 0 Å². The predicted molar refractivity (Wildman–Crippen MR) is 77.7 cm³/mol. The summed E-state index contributed by atoms with van der Waals surface area (Å²) in [6, 6.07) is 0. The van der Waals surface area contributed by atoms with Gasteiger partial charge < -0.3 is 25.5 Å². The number of carbonyl (C=O) groups excluding carboxylic acids is 2. The number of aromatic carboxylic acids is 2. The molecule has 1 rings (SSSR count). The van der Waals surface area contributed by atoms with Gasteiger partial charge in [0.1, 0.15) is 0 Å². The Hall–Kier alpha value is 2.15. The van der Waals surface area contributed by atoms with Crippen molar-refractivity contribution in [3.05, 3.63) is 21.8 Å².